The molecule has 0 saturated heterocycles. The molecule has 5 heteroatoms. The molecule has 0 unspecified atom stereocenters. The third kappa shape index (κ3) is 4.75. The molecule has 2 N–H and O–H groups in total. The van der Waals surface area contributed by atoms with E-state index in [9.17, 15) is 9.18 Å². The van der Waals surface area contributed by atoms with Gasteiger partial charge in [0, 0.05) is 25.9 Å². The van der Waals surface area contributed by atoms with Crippen LogP contribution < -0.4 is 10.6 Å². The first-order chi connectivity index (χ1) is 7.72. The number of hydrogen-bond donors (Lipinski definition) is 2. The second-order valence-electron chi connectivity index (χ2n) is 3.23. The van der Waals surface area contributed by atoms with Gasteiger partial charge in [-0.05, 0) is 30.7 Å². The van der Waals surface area contributed by atoms with Crippen LogP contribution in [-0.4, -0.2) is 26.3 Å². The molecule has 88 valence electrons. The van der Waals surface area contributed by atoms with Crippen molar-refractivity contribution >= 4 is 11.7 Å². The van der Waals surface area contributed by atoms with E-state index in [2.05, 4.69) is 10.6 Å². The van der Waals surface area contributed by atoms with Crippen molar-refractivity contribution in [1.29, 1.82) is 0 Å². The molecule has 0 fully saturated rings. The van der Waals surface area contributed by atoms with Gasteiger partial charge in [-0.3, -0.25) is 0 Å². The topological polar surface area (TPSA) is 50.4 Å². The summed E-state index contributed by atoms with van der Waals surface area (Å²) in [5.41, 5.74) is 0.561. The fourth-order valence-electron chi connectivity index (χ4n) is 1.13. The van der Waals surface area contributed by atoms with Crippen LogP contribution in [0.3, 0.4) is 0 Å². The molecule has 1 rings (SSSR count). The minimum absolute atomic E-state index is 0.303. The van der Waals surface area contributed by atoms with Crippen LogP contribution in [0.1, 0.15) is 6.42 Å². The summed E-state index contributed by atoms with van der Waals surface area (Å²) in [6.07, 6.45) is 0.757. The summed E-state index contributed by atoms with van der Waals surface area (Å²) in [6, 6.07) is 5.29. The lowest BCUT2D eigenvalue weighted by molar-refractivity contribution is 0.194. The number of carbonyl (C=O) groups excluding carboxylic acids is 1. The fraction of sp³-hybridized carbons (Fsp3) is 0.364. The Morgan fingerprint density at radius 1 is 1.38 bits per heavy atom. The third-order valence-electron chi connectivity index (χ3n) is 1.91. The molecular weight excluding hydrogens is 211 g/mol. The van der Waals surface area contributed by atoms with E-state index in [4.69, 9.17) is 4.74 Å². The normalized spacial score (nSPS) is 9.88. The summed E-state index contributed by atoms with van der Waals surface area (Å²) < 4.78 is 17.4. The highest BCUT2D eigenvalue weighted by Gasteiger charge is 2.00. The van der Waals surface area contributed by atoms with Gasteiger partial charge >= 0.3 is 6.03 Å². The van der Waals surface area contributed by atoms with Gasteiger partial charge in [-0.1, -0.05) is 0 Å². The largest absolute Gasteiger partial charge is 0.385 e. The van der Waals surface area contributed by atoms with Gasteiger partial charge in [-0.15, -0.1) is 0 Å². The van der Waals surface area contributed by atoms with Crippen molar-refractivity contribution in [1.82, 2.24) is 5.32 Å². The van der Waals surface area contributed by atoms with Crippen LogP contribution in [0.25, 0.3) is 0 Å². The SMILES string of the molecule is COCCCNC(=O)Nc1ccc(F)cc1. The Kier molecular flexibility index (Phi) is 5.28. The molecule has 1 aromatic rings. The molecule has 0 atom stereocenters. The van der Waals surface area contributed by atoms with Gasteiger partial charge < -0.3 is 15.4 Å². The van der Waals surface area contributed by atoms with Crippen molar-refractivity contribution in [2.75, 3.05) is 25.6 Å². The van der Waals surface area contributed by atoms with E-state index in [1.54, 1.807) is 7.11 Å². The molecule has 0 spiro atoms. The van der Waals surface area contributed by atoms with Crippen LogP contribution >= 0.6 is 0 Å². The maximum absolute atomic E-state index is 12.6. The van der Waals surface area contributed by atoms with Crippen LogP contribution in [0.2, 0.25) is 0 Å². The van der Waals surface area contributed by atoms with Gasteiger partial charge in [-0.25, -0.2) is 9.18 Å². The zero-order valence-corrected chi connectivity index (χ0v) is 9.13. The zero-order valence-electron chi connectivity index (χ0n) is 9.13. The number of benzene rings is 1. The number of anilines is 1. The first kappa shape index (κ1) is 12.4. The Morgan fingerprint density at radius 2 is 2.06 bits per heavy atom. The average Bonchev–Trinajstić information content (AvgIpc) is 2.28. The summed E-state index contributed by atoms with van der Waals surface area (Å²) >= 11 is 0. The fourth-order valence-corrected chi connectivity index (χ4v) is 1.13. The van der Waals surface area contributed by atoms with Crippen molar-refractivity contribution in [2.24, 2.45) is 0 Å². The van der Waals surface area contributed by atoms with Gasteiger partial charge in [0.2, 0.25) is 0 Å². The Labute approximate surface area is 93.8 Å². The standard InChI is InChI=1S/C11H15FN2O2/c1-16-8-2-7-13-11(15)14-10-5-3-9(12)4-6-10/h3-6H,2,7-8H2,1H3,(H2,13,14,15). The smallest absolute Gasteiger partial charge is 0.319 e. The number of amides is 2. The number of ether oxygens (including phenoxy) is 1. The number of carbonyl (C=O) groups is 1. The Bertz CT molecular complexity index is 327. The number of nitrogens with one attached hydrogen (secondary N) is 2. The average molecular weight is 226 g/mol. The van der Waals surface area contributed by atoms with Crippen molar-refractivity contribution in [3.63, 3.8) is 0 Å². The second kappa shape index (κ2) is 6.79. The first-order valence-electron chi connectivity index (χ1n) is 5.01. The van der Waals surface area contributed by atoms with E-state index in [1.165, 1.54) is 24.3 Å². The number of hydrogen-bond acceptors (Lipinski definition) is 2. The number of halogens is 1. The Hall–Kier alpha value is -1.62. The lowest BCUT2D eigenvalue weighted by atomic mass is 10.3. The summed E-state index contributed by atoms with van der Waals surface area (Å²) in [5.74, 6) is -0.328. The Balaban J connectivity index is 2.26. The van der Waals surface area contributed by atoms with Crippen LogP contribution in [0.5, 0.6) is 0 Å². The lowest BCUT2D eigenvalue weighted by Crippen LogP contribution is -2.29. The third-order valence-corrected chi connectivity index (χ3v) is 1.91. The highest BCUT2D eigenvalue weighted by Crippen LogP contribution is 2.07. The van der Waals surface area contributed by atoms with Gasteiger partial charge in [0.15, 0.2) is 0 Å². The van der Waals surface area contributed by atoms with E-state index in [1.807, 2.05) is 0 Å². The first-order valence-corrected chi connectivity index (χ1v) is 5.01. The molecule has 0 aromatic heterocycles. The minimum Gasteiger partial charge on any atom is -0.385 e. The molecule has 0 saturated carbocycles. The van der Waals surface area contributed by atoms with E-state index in [0.717, 1.165) is 6.42 Å². The Morgan fingerprint density at radius 3 is 2.69 bits per heavy atom. The number of rotatable bonds is 5. The molecule has 0 aliphatic rings. The number of methoxy groups -OCH3 is 1. The van der Waals surface area contributed by atoms with Crippen LogP contribution in [0.4, 0.5) is 14.9 Å². The molecule has 0 bridgehead atoms. The molecule has 0 radical (unpaired) electrons. The van der Waals surface area contributed by atoms with Gasteiger partial charge in [0.05, 0.1) is 0 Å². The van der Waals surface area contributed by atoms with Crippen LogP contribution in [0, 0.1) is 5.82 Å². The van der Waals surface area contributed by atoms with Crippen molar-refractivity contribution in [3.8, 4) is 0 Å². The van der Waals surface area contributed by atoms with Crippen LogP contribution in [-0.2, 0) is 4.74 Å². The molecule has 0 heterocycles. The highest BCUT2D eigenvalue weighted by atomic mass is 19.1. The predicted octanol–water partition coefficient (Wildman–Crippen LogP) is 1.98. The van der Waals surface area contributed by atoms with E-state index >= 15 is 0 Å². The number of urea groups is 1. The quantitative estimate of drug-likeness (QED) is 0.754. The predicted molar refractivity (Wildman–Crippen MR) is 59.9 cm³/mol. The summed E-state index contributed by atoms with van der Waals surface area (Å²) in [4.78, 5) is 11.3. The molecule has 2 amide bonds. The van der Waals surface area contributed by atoms with Gasteiger partial charge in [0.25, 0.3) is 0 Å². The molecular formula is C11H15FN2O2. The van der Waals surface area contributed by atoms with Crippen molar-refractivity contribution in [2.45, 2.75) is 6.42 Å². The molecule has 1 aromatic carbocycles. The monoisotopic (exact) mass is 226 g/mol. The summed E-state index contributed by atoms with van der Waals surface area (Å²) in [6.45, 7) is 1.15. The lowest BCUT2D eigenvalue weighted by Gasteiger charge is -2.07. The summed E-state index contributed by atoms with van der Waals surface area (Å²) in [7, 11) is 1.61. The van der Waals surface area contributed by atoms with Crippen LogP contribution in [0.15, 0.2) is 24.3 Å². The van der Waals surface area contributed by atoms with Crippen molar-refractivity contribution in [3.05, 3.63) is 30.1 Å². The molecule has 4 nitrogen and oxygen atoms in total. The van der Waals surface area contributed by atoms with Gasteiger partial charge in [0.1, 0.15) is 5.82 Å². The zero-order chi connectivity index (χ0) is 11.8. The van der Waals surface area contributed by atoms with Gasteiger partial charge in [-0.2, -0.15) is 0 Å². The maximum Gasteiger partial charge on any atom is 0.319 e. The summed E-state index contributed by atoms with van der Waals surface area (Å²) in [5, 5.41) is 5.25. The second-order valence-corrected chi connectivity index (χ2v) is 3.23. The van der Waals surface area contributed by atoms with Crippen molar-refractivity contribution < 1.29 is 13.9 Å². The molecule has 0 aliphatic carbocycles. The van der Waals surface area contributed by atoms with E-state index in [0.29, 0.717) is 18.8 Å². The molecule has 16 heavy (non-hydrogen) atoms. The van der Waals surface area contributed by atoms with E-state index < -0.39 is 0 Å². The van der Waals surface area contributed by atoms with E-state index in [-0.39, 0.29) is 11.8 Å². The minimum atomic E-state index is -0.328. The molecule has 0 aliphatic heterocycles. The highest BCUT2D eigenvalue weighted by molar-refractivity contribution is 5.89. The maximum atomic E-state index is 12.6.